The van der Waals surface area contributed by atoms with Crippen LogP contribution >= 0.6 is 0 Å². The molecule has 10 nitrogen and oxygen atoms in total. The van der Waals surface area contributed by atoms with E-state index in [4.69, 9.17) is 0 Å². The number of carbonyl (C=O) groups excluding carboxylic acids is 6. The van der Waals surface area contributed by atoms with Gasteiger partial charge in [-0.25, -0.2) is 0 Å². The summed E-state index contributed by atoms with van der Waals surface area (Å²) in [5.41, 5.74) is 1.47. The predicted molar refractivity (Wildman–Crippen MR) is 409 cm³/mol. The zero-order valence-electron chi connectivity index (χ0n) is 67.5. The summed E-state index contributed by atoms with van der Waals surface area (Å²) in [6, 6.07) is 0. The van der Waals surface area contributed by atoms with Gasteiger partial charge in [-0.2, -0.15) is 0 Å². The molecule has 28 atom stereocenters. The number of Topliss-reactive ketones (excluding diaryl/α,β-unsaturated/α-hetero) is 4. The quantitative estimate of drug-likeness (QED) is 0.211. The highest BCUT2D eigenvalue weighted by atomic mass is 16.3. The third kappa shape index (κ3) is 11.5. The average Bonchev–Trinajstić information content (AvgIpc) is 1.45. The van der Waals surface area contributed by atoms with Gasteiger partial charge in [-0.1, -0.05) is 170 Å². The number of hydrogen-bond donors (Lipinski definition) is 4. The van der Waals surface area contributed by atoms with Crippen LogP contribution in [0, 0.1) is 138 Å². The Morgan fingerprint density at radius 3 is 0.804 bits per heavy atom. The average molecular weight is 1410 g/mol. The second-order valence-electron chi connectivity index (χ2n) is 39.0. The van der Waals surface area contributed by atoms with Gasteiger partial charge < -0.3 is 20.4 Å². The Labute approximate surface area is 617 Å². The van der Waals surface area contributed by atoms with E-state index in [1.165, 1.54) is 24.0 Å². The fraction of sp³-hybridized carbons (Fsp3) is 0.804. The van der Waals surface area contributed by atoms with Crippen molar-refractivity contribution in [2.75, 3.05) is 0 Å². The molecule has 0 unspecified atom stereocenters. The monoisotopic (exact) mass is 1410 g/mol. The molecule has 0 aromatic carbocycles. The molecule has 0 aliphatic heterocycles. The number of ketones is 6. The minimum Gasteiger partial charge on any atom is -0.382 e. The molecule has 0 heterocycles. The summed E-state index contributed by atoms with van der Waals surface area (Å²) in [7, 11) is 0. The minimum atomic E-state index is -1.13. The molecule has 0 radical (unpaired) electrons. The Balaban J connectivity index is 0.000000134. The van der Waals surface area contributed by atoms with Crippen LogP contribution in [0.4, 0.5) is 0 Å². The van der Waals surface area contributed by atoms with Crippen LogP contribution in [-0.2, 0) is 28.8 Å². The second kappa shape index (κ2) is 27.8. The topological polar surface area (TPSA) is 183 Å². The normalized spacial score (nSPS) is 50.5. The number of fused-ring (bicyclic) bond motifs is 20. The molecular weight excluding hydrogens is 1270 g/mol. The van der Waals surface area contributed by atoms with E-state index in [9.17, 15) is 49.2 Å². The molecule has 4 N–H and O–H groups in total. The van der Waals surface area contributed by atoms with Crippen molar-refractivity contribution in [2.45, 2.75) is 328 Å². The maximum Gasteiger partial charge on any atom is 0.161 e. The van der Waals surface area contributed by atoms with Crippen molar-refractivity contribution in [1.29, 1.82) is 0 Å². The first kappa shape index (κ1) is 79.3. The van der Waals surface area contributed by atoms with E-state index in [0.29, 0.717) is 145 Å². The van der Waals surface area contributed by atoms with E-state index in [1.807, 2.05) is 39.8 Å². The number of allylic oxidation sites excluding steroid dienone is 10. The van der Waals surface area contributed by atoms with Crippen molar-refractivity contribution < 1.29 is 49.2 Å². The van der Waals surface area contributed by atoms with E-state index < -0.39 is 22.4 Å². The third-order valence-corrected chi connectivity index (χ3v) is 35.5. The Hall–Kier alpha value is -3.70. The summed E-state index contributed by atoms with van der Waals surface area (Å²) in [6.07, 6.45) is 43.0. The lowest BCUT2D eigenvalue weighted by atomic mass is 9.45. The Morgan fingerprint density at radius 2 is 0.559 bits per heavy atom. The van der Waals surface area contributed by atoms with Crippen molar-refractivity contribution >= 4 is 34.7 Å². The van der Waals surface area contributed by atoms with Crippen LogP contribution in [0.1, 0.15) is 305 Å². The Kier molecular flexibility index (Phi) is 21.6. The zero-order valence-corrected chi connectivity index (χ0v) is 67.5. The smallest absolute Gasteiger partial charge is 0.161 e. The molecule has 16 aliphatic carbocycles. The fourth-order valence-electron chi connectivity index (χ4n) is 30.0. The molecule has 10 heteroatoms. The van der Waals surface area contributed by atoms with Gasteiger partial charge in [-0.15, -0.1) is 0 Å². The molecule has 0 aromatic rings. The lowest BCUT2D eigenvalue weighted by Crippen LogP contribution is -2.57. The predicted octanol–water partition coefficient (Wildman–Crippen LogP) is 19.6. The largest absolute Gasteiger partial charge is 0.382 e. The maximum atomic E-state index is 12.3. The zero-order chi connectivity index (χ0) is 75.1. The molecular formula is C92H140O10. The van der Waals surface area contributed by atoms with Crippen LogP contribution in [-0.4, -0.2) is 77.5 Å². The summed E-state index contributed by atoms with van der Waals surface area (Å²) in [5.74, 6) is 9.48. The summed E-state index contributed by atoms with van der Waals surface area (Å²) < 4.78 is 0. The molecule has 12 fully saturated rings. The number of rotatable bonds is 4. The Morgan fingerprint density at radius 1 is 0.333 bits per heavy atom. The lowest BCUT2D eigenvalue weighted by molar-refractivity contribution is -0.161. The molecule has 568 valence electrons. The number of aliphatic hydroxyl groups is 4. The molecule has 0 aromatic heterocycles. The third-order valence-electron chi connectivity index (χ3n) is 35.5. The molecule has 0 amide bonds. The van der Waals surface area contributed by atoms with E-state index in [-0.39, 0.29) is 66.5 Å². The van der Waals surface area contributed by atoms with Crippen LogP contribution in [0.5, 0.6) is 0 Å². The van der Waals surface area contributed by atoms with Crippen LogP contribution in [0.3, 0.4) is 0 Å². The molecule has 0 saturated heterocycles. The molecule has 16 rings (SSSR count). The molecule has 0 bridgehead atoms. The van der Waals surface area contributed by atoms with Crippen molar-refractivity contribution in [3.8, 4) is 0 Å². The van der Waals surface area contributed by atoms with Crippen LogP contribution in [0.25, 0.3) is 0 Å². The van der Waals surface area contributed by atoms with Gasteiger partial charge in [0.2, 0.25) is 0 Å². The van der Waals surface area contributed by atoms with Gasteiger partial charge in [-0.3, -0.25) is 28.8 Å². The van der Waals surface area contributed by atoms with Crippen LogP contribution in [0.2, 0.25) is 0 Å². The van der Waals surface area contributed by atoms with E-state index in [1.54, 1.807) is 38.8 Å². The van der Waals surface area contributed by atoms with Crippen molar-refractivity contribution in [3.05, 3.63) is 70.9 Å². The van der Waals surface area contributed by atoms with Gasteiger partial charge >= 0.3 is 0 Å². The lowest BCUT2D eigenvalue weighted by Gasteiger charge is -2.60. The van der Waals surface area contributed by atoms with E-state index in [2.05, 4.69) is 120 Å². The molecule has 12 saturated carbocycles. The van der Waals surface area contributed by atoms with Crippen molar-refractivity contribution in [2.24, 2.45) is 138 Å². The summed E-state index contributed by atoms with van der Waals surface area (Å²) >= 11 is 0. The standard InChI is InChI=1S/2C22H32O3.2C22H32O2.2C2H6/c2*1-13-11-16-17(20(3)8-5-15(24)12-19(13)20)6-9-21(4)18(16)7-10-22(21,25)14(2)23;2*1-14-13-16-18(20(3)10-6-5-7-17(14)20)8-11-21(4)19(16)9-12-22(21,24)15(2)23;2*1-2/h2*12-13,16-18,25H,5-11H2,1-4H3;2*5-7,14,16,18-19,24H,8-13H2,1-4H3;2*1-2H3/t2*13-,16+,17-,18-,20+,21-,22-;2*14-,16+,18-,19-,20-,21-,22-;;/m0000../s1. The number of hydrogen-bond acceptors (Lipinski definition) is 10. The van der Waals surface area contributed by atoms with Gasteiger partial charge in [0.15, 0.2) is 34.7 Å². The first-order chi connectivity index (χ1) is 47.7. The summed E-state index contributed by atoms with van der Waals surface area (Å²) in [4.78, 5) is 73.1. The SMILES string of the molecule is CC.CC.CC(=O)[C@@]1(O)CC[C@H]2[C@@H]3C[C@H](C)C4=CC(=O)CC[C@]4(C)[C@H]3CC[C@@]21C.CC(=O)[C@@]1(O)CC[C@H]2[C@@H]3C[C@H](C)C4=CC(=O)CC[C@]4(C)[C@H]3CC[C@@]21C.CC(=O)[C@@]1(O)CC[C@H]2[C@@H]3C[C@H](C)C4=CC=CC[C@]4(C)[C@H]3CC[C@@]21C.CC(=O)[C@@]1(O)CC[C@H]2[C@@H]3C[C@H](C)C4=CC=CC[C@]4(C)[C@H]3CC[C@@]21C. The van der Waals surface area contributed by atoms with Gasteiger partial charge in [0.25, 0.3) is 0 Å². The van der Waals surface area contributed by atoms with Gasteiger partial charge in [-0.05, 0) is 310 Å². The first-order valence-electron chi connectivity index (χ1n) is 41.9. The second-order valence-corrected chi connectivity index (χ2v) is 39.0. The van der Waals surface area contributed by atoms with Crippen molar-refractivity contribution in [3.63, 3.8) is 0 Å². The van der Waals surface area contributed by atoms with Gasteiger partial charge in [0.1, 0.15) is 22.4 Å². The highest BCUT2D eigenvalue weighted by Crippen LogP contribution is 2.73. The highest BCUT2D eigenvalue weighted by molar-refractivity contribution is 5.93. The van der Waals surface area contributed by atoms with E-state index in [0.717, 1.165) is 116 Å². The number of carbonyl (C=O) groups is 6. The molecule has 102 heavy (non-hydrogen) atoms. The highest BCUT2D eigenvalue weighted by Gasteiger charge is 2.71. The van der Waals surface area contributed by atoms with E-state index >= 15 is 0 Å². The molecule has 0 spiro atoms. The first-order valence-corrected chi connectivity index (χ1v) is 41.9. The molecule has 16 aliphatic rings. The summed E-state index contributed by atoms with van der Waals surface area (Å²) in [5, 5.41) is 44.8. The van der Waals surface area contributed by atoms with Gasteiger partial charge in [0.05, 0.1) is 0 Å². The van der Waals surface area contributed by atoms with Gasteiger partial charge in [0, 0.05) is 34.5 Å². The minimum absolute atomic E-state index is 0.0118. The van der Waals surface area contributed by atoms with Crippen molar-refractivity contribution in [1.82, 2.24) is 0 Å². The fourth-order valence-corrected chi connectivity index (χ4v) is 30.0. The maximum absolute atomic E-state index is 12.3. The summed E-state index contributed by atoms with van der Waals surface area (Å²) in [6.45, 7) is 42.1. The van der Waals surface area contributed by atoms with Crippen LogP contribution in [0.15, 0.2) is 70.9 Å². The van der Waals surface area contributed by atoms with Crippen LogP contribution < -0.4 is 0 Å². The Bertz CT molecular complexity index is 3260.